The minimum Gasteiger partial charge on any atom is -0.310 e. The molecule has 0 amide bonds. The molecule has 0 heterocycles. The van der Waals surface area contributed by atoms with E-state index < -0.39 is 5.41 Å². The first kappa shape index (κ1) is 44.7. The van der Waals surface area contributed by atoms with Crippen molar-refractivity contribution in [2.45, 2.75) is 108 Å². The fraction of sp³-hybridized carbons (Fsp3) is 0.239. The van der Waals surface area contributed by atoms with Crippen LogP contribution >= 0.6 is 0 Å². The van der Waals surface area contributed by atoms with Crippen LogP contribution in [0.1, 0.15) is 126 Å². The van der Waals surface area contributed by atoms with Gasteiger partial charge >= 0.3 is 0 Å². The van der Waals surface area contributed by atoms with Gasteiger partial charge in [-0.15, -0.1) is 0 Å². The van der Waals surface area contributed by atoms with Crippen LogP contribution in [0.25, 0.3) is 55.6 Å². The fourth-order valence-electron chi connectivity index (χ4n) is 14.1. The molecule has 4 aliphatic carbocycles. The first-order valence-electron chi connectivity index (χ1n) is 26.5. The Morgan fingerprint density at radius 1 is 0.278 bits per heavy atom. The topological polar surface area (TPSA) is 3.24 Å². The van der Waals surface area contributed by atoms with E-state index in [0.717, 1.165) is 17.1 Å². The lowest BCUT2D eigenvalue weighted by atomic mass is 9.61. The van der Waals surface area contributed by atoms with Gasteiger partial charge in [0.25, 0.3) is 0 Å². The maximum atomic E-state index is 2.58. The van der Waals surface area contributed by atoms with Crippen LogP contribution in [-0.4, -0.2) is 0 Å². The molecule has 1 heteroatoms. The summed E-state index contributed by atoms with van der Waals surface area (Å²) in [6, 6.07) is 76.8. The van der Waals surface area contributed by atoms with Gasteiger partial charge in [0.1, 0.15) is 0 Å². The molecule has 1 nitrogen and oxygen atoms in total. The van der Waals surface area contributed by atoms with E-state index in [1.165, 1.54) is 126 Å². The monoisotopic (exact) mass is 932 g/mol. The zero-order valence-electron chi connectivity index (χ0n) is 43.3. The average Bonchev–Trinajstić information content (AvgIpc) is 3.86. The zero-order chi connectivity index (χ0) is 49.4. The molecule has 0 aromatic heterocycles. The molecule has 72 heavy (non-hydrogen) atoms. The molecule has 0 fully saturated rings. The lowest BCUT2D eigenvalue weighted by molar-refractivity contribution is 0.333. The van der Waals surface area contributed by atoms with Crippen LogP contribution in [0.4, 0.5) is 17.1 Å². The second-order valence-corrected chi connectivity index (χ2v) is 24.1. The maximum Gasteiger partial charge on any atom is 0.0726 e. The van der Waals surface area contributed by atoms with E-state index in [1.807, 2.05) is 0 Å². The molecule has 9 aromatic carbocycles. The zero-order valence-corrected chi connectivity index (χ0v) is 43.3. The summed E-state index contributed by atoms with van der Waals surface area (Å²) >= 11 is 0. The minimum absolute atomic E-state index is 0.0860. The lowest BCUT2D eigenvalue weighted by Crippen LogP contribution is -2.34. The average molecular weight is 932 g/mol. The number of fused-ring (bicyclic) bond motifs is 12. The normalized spacial score (nSPS) is 17.5. The fourth-order valence-corrected chi connectivity index (χ4v) is 14.1. The molecule has 9 aromatic rings. The Kier molecular flexibility index (Phi) is 9.86. The van der Waals surface area contributed by atoms with Gasteiger partial charge in [0, 0.05) is 16.9 Å². The van der Waals surface area contributed by atoms with Crippen molar-refractivity contribution in [2.75, 3.05) is 4.90 Å². The number of para-hydroxylation sites is 1. The van der Waals surface area contributed by atoms with Gasteiger partial charge in [-0.2, -0.15) is 0 Å². The lowest BCUT2D eigenvalue weighted by Gasteiger charge is -2.43. The van der Waals surface area contributed by atoms with Crippen LogP contribution in [0.15, 0.2) is 200 Å². The van der Waals surface area contributed by atoms with E-state index in [1.54, 1.807) is 0 Å². The Morgan fingerprint density at radius 2 is 0.639 bits per heavy atom. The summed E-state index contributed by atoms with van der Waals surface area (Å²) < 4.78 is 0. The molecular weight excluding hydrogens is 867 g/mol. The van der Waals surface area contributed by atoms with E-state index in [4.69, 9.17) is 0 Å². The third kappa shape index (κ3) is 6.51. The molecule has 0 bridgehead atoms. The summed E-state index contributed by atoms with van der Waals surface area (Å²) in [5.41, 5.74) is 27.7. The van der Waals surface area contributed by atoms with E-state index in [9.17, 15) is 0 Å². The molecule has 354 valence electrons. The van der Waals surface area contributed by atoms with Crippen LogP contribution in [-0.2, 0) is 27.1 Å². The summed E-state index contributed by atoms with van der Waals surface area (Å²) in [4.78, 5) is 2.53. The number of hydrogen-bond acceptors (Lipinski definition) is 1. The Bertz CT molecular complexity index is 3570. The van der Waals surface area contributed by atoms with E-state index in [-0.39, 0.29) is 21.7 Å². The quantitative estimate of drug-likeness (QED) is 0.161. The summed E-state index contributed by atoms with van der Waals surface area (Å²) in [7, 11) is 0. The van der Waals surface area contributed by atoms with Crippen molar-refractivity contribution in [2.24, 2.45) is 0 Å². The summed E-state index contributed by atoms with van der Waals surface area (Å²) in [6.45, 7) is 19.5. The number of benzene rings is 9. The maximum absolute atomic E-state index is 2.58. The summed E-state index contributed by atoms with van der Waals surface area (Å²) in [5, 5.41) is 0. The molecule has 0 atom stereocenters. The minimum atomic E-state index is -0.484. The SMILES string of the molecule is CC1(C)CCC(C)(C)c2c(-c3ccc(-c4cc5c(cc4N(c4ccccc4)c4ccc(-c6cccc7c6C(C)(C)CCC7(C)C)cc4)C4(c6ccccc6-c6ccccc64)c4ccccc4-5)cc3)cccc21. The molecule has 1 spiro atoms. The van der Waals surface area contributed by atoms with Crippen molar-refractivity contribution in [1.82, 2.24) is 0 Å². The Hall–Kier alpha value is -7.22. The second kappa shape index (κ2) is 15.9. The van der Waals surface area contributed by atoms with Gasteiger partial charge in [0.15, 0.2) is 0 Å². The molecular formula is C71H65N. The van der Waals surface area contributed by atoms with Gasteiger partial charge in [0.2, 0.25) is 0 Å². The van der Waals surface area contributed by atoms with E-state index >= 15 is 0 Å². The number of anilines is 3. The predicted molar refractivity (Wildman–Crippen MR) is 304 cm³/mol. The number of hydrogen-bond donors (Lipinski definition) is 0. The highest BCUT2D eigenvalue weighted by Crippen LogP contribution is 2.64. The van der Waals surface area contributed by atoms with Gasteiger partial charge in [-0.25, -0.2) is 0 Å². The first-order chi connectivity index (χ1) is 34.7. The van der Waals surface area contributed by atoms with Crippen molar-refractivity contribution in [3.63, 3.8) is 0 Å². The largest absolute Gasteiger partial charge is 0.310 e. The smallest absolute Gasteiger partial charge is 0.0726 e. The molecule has 0 N–H and O–H groups in total. The van der Waals surface area contributed by atoms with Gasteiger partial charge in [-0.05, 0) is 178 Å². The Morgan fingerprint density at radius 3 is 1.12 bits per heavy atom. The van der Waals surface area contributed by atoms with Crippen molar-refractivity contribution >= 4 is 17.1 Å². The van der Waals surface area contributed by atoms with Crippen LogP contribution in [0.3, 0.4) is 0 Å². The highest BCUT2D eigenvalue weighted by atomic mass is 15.1. The van der Waals surface area contributed by atoms with Crippen molar-refractivity contribution in [3.05, 3.63) is 245 Å². The van der Waals surface area contributed by atoms with E-state index in [0.29, 0.717) is 0 Å². The van der Waals surface area contributed by atoms with Crippen LogP contribution < -0.4 is 4.90 Å². The second-order valence-electron chi connectivity index (χ2n) is 24.1. The van der Waals surface area contributed by atoms with Gasteiger partial charge < -0.3 is 4.90 Å². The van der Waals surface area contributed by atoms with Crippen molar-refractivity contribution in [1.29, 1.82) is 0 Å². The Balaban J connectivity index is 1.05. The molecule has 0 unspecified atom stereocenters. The highest BCUT2D eigenvalue weighted by Gasteiger charge is 2.52. The first-order valence-corrected chi connectivity index (χ1v) is 26.5. The van der Waals surface area contributed by atoms with Crippen LogP contribution in [0.5, 0.6) is 0 Å². The third-order valence-electron chi connectivity index (χ3n) is 18.0. The molecule has 0 aliphatic heterocycles. The summed E-state index contributed by atoms with van der Waals surface area (Å²) in [5.74, 6) is 0. The van der Waals surface area contributed by atoms with Crippen LogP contribution in [0, 0.1) is 0 Å². The van der Waals surface area contributed by atoms with Crippen molar-refractivity contribution < 1.29 is 0 Å². The Labute approximate surface area is 428 Å². The number of rotatable bonds is 6. The molecule has 0 saturated carbocycles. The highest BCUT2D eigenvalue weighted by molar-refractivity contribution is 6.00. The predicted octanol–water partition coefficient (Wildman–Crippen LogP) is 19.2. The molecule has 0 radical (unpaired) electrons. The van der Waals surface area contributed by atoms with Gasteiger partial charge in [-0.1, -0.05) is 219 Å². The van der Waals surface area contributed by atoms with Gasteiger partial charge in [-0.3, -0.25) is 0 Å². The number of nitrogens with zero attached hydrogens (tertiary/aromatic N) is 1. The van der Waals surface area contributed by atoms with Crippen molar-refractivity contribution in [3.8, 4) is 55.6 Å². The molecule has 13 rings (SSSR count). The third-order valence-corrected chi connectivity index (χ3v) is 18.0. The van der Waals surface area contributed by atoms with Crippen LogP contribution in [0.2, 0.25) is 0 Å². The standard InChI is InChI=1S/C71H65N/c1-67(2)40-42-69(5,6)65-51(25-18-30-61(65)67)46-32-34-48(35-33-46)56-44-57-55-24-14-17-29-60(55)71(58-27-15-12-22-53(58)54-23-13-16-28-59(54)71)63(57)45-64(56)72(49-20-10-9-11-21-49)50-38-36-47(37-39-50)52-26-19-31-62-66(52)70(7,8)43-41-68(62,3)4/h9-39,44-45H,40-43H2,1-8H3. The molecule has 0 saturated heterocycles. The summed E-state index contributed by atoms with van der Waals surface area (Å²) in [6.07, 6.45) is 4.75. The van der Waals surface area contributed by atoms with Gasteiger partial charge in [0.05, 0.1) is 11.1 Å². The molecule has 4 aliphatic rings. The van der Waals surface area contributed by atoms with E-state index in [2.05, 4.69) is 260 Å².